The highest BCUT2D eigenvalue weighted by Gasteiger charge is 2.17. The Morgan fingerprint density at radius 1 is 0.519 bits per heavy atom. The molecule has 1 aliphatic rings. The average Bonchev–Trinajstić information content (AvgIpc) is 3.22. The third kappa shape index (κ3) is 3.00. The zero-order valence-electron chi connectivity index (χ0n) is 14.4. The monoisotopic (exact) mass is 353 g/mol. The number of fused-ring (bicyclic) bond motifs is 1. The van der Waals surface area contributed by atoms with Gasteiger partial charge in [-0.3, -0.25) is 0 Å². The van der Waals surface area contributed by atoms with Crippen molar-refractivity contribution in [3.05, 3.63) is 78.9 Å². The third-order valence-electron chi connectivity index (χ3n) is 4.33. The van der Waals surface area contributed by atoms with Crippen LogP contribution < -0.4 is 9.47 Å². The topological polar surface area (TPSA) is 57.1 Å². The summed E-state index contributed by atoms with van der Waals surface area (Å²) in [4.78, 5) is 14.1. The quantitative estimate of drug-likeness (QED) is 0.539. The Hall–Kier alpha value is -3.73. The van der Waals surface area contributed by atoms with Crippen LogP contribution in [-0.2, 0) is 0 Å². The van der Waals surface area contributed by atoms with Crippen LogP contribution in [0.25, 0.3) is 34.2 Å². The molecule has 1 aliphatic heterocycles. The molecule has 0 fully saturated rings. The Morgan fingerprint density at radius 2 is 1.04 bits per heavy atom. The summed E-state index contributed by atoms with van der Waals surface area (Å²) >= 11 is 0. The van der Waals surface area contributed by atoms with Crippen molar-refractivity contribution in [2.75, 3.05) is 6.79 Å². The van der Waals surface area contributed by atoms with Crippen molar-refractivity contribution in [3.63, 3.8) is 0 Å². The molecule has 0 radical (unpaired) electrons. The van der Waals surface area contributed by atoms with Crippen LogP contribution in [0.15, 0.2) is 78.9 Å². The lowest BCUT2D eigenvalue weighted by Gasteiger charge is -2.08. The van der Waals surface area contributed by atoms with Gasteiger partial charge < -0.3 is 9.47 Å². The molecule has 0 unspecified atom stereocenters. The molecule has 1 aromatic heterocycles. The number of ether oxygens (including phenoxy) is 2. The molecule has 5 rings (SSSR count). The molecule has 5 heteroatoms. The van der Waals surface area contributed by atoms with Crippen molar-refractivity contribution in [3.8, 4) is 45.7 Å². The standard InChI is InChI=1S/C22H15N3O2/c1-3-7-15(8-4-1)20-23-21(16-9-5-2-6-10-16)25-22(24-20)17-11-12-18-19(13-17)27-14-26-18/h1-13H,14H2. The largest absolute Gasteiger partial charge is 0.454 e. The smallest absolute Gasteiger partial charge is 0.231 e. The van der Waals surface area contributed by atoms with Crippen molar-refractivity contribution in [2.24, 2.45) is 0 Å². The predicted molar refractivity (Wildman–Crippen MR) is 102 cm³/mol. The van der Waals surface area contributed by atoms with Crippen molar-refractivity contribution >= 4 is 0 Å². The summed E-state index contributed by atoms with van der Waals surface area (Å²) in [6, 6.07) is 25.5. The van der Waals surface area contributed by atoms with Gasteiger partial charge in [0.15, 0.2) is 29.0 Å². The Bertz CT molecular complexity index is 1040. The second kappa shape index (κ2) is 6.53. The second-order valence-electron chi connectivity index (χ2n) is 6.11. The highest BCUT2D eigenvalue weighted by Crippen LogP contribution is 2.35. The fraction of sp³-hybridized carbons (Fsp3) is 0.0455. The van der Waals surface area contributed by atoms with Crippen LogP contribution >= 0.6 is 0 Å². The van der Waals surface area contributed by atoms with Crippen molar-refractivity contribution in [1.82, 2.24) is 15.0 Å². The van der Waals surface area contributed by atoms with Gasteiger partial charge in [0, 0.05) is 16.7 Å². The van der Waals surface area contributed by atoms with Gasteiger partial charge in [0.2, 0.25) is 6.79 Å². The van der Waals surface area contributed by atoms with Gasteiger partial charge in [-0.2, -0.15) is 0 Å². The molecular weight excluding hydrogens is 338 g/mol. The summed E-state index contributed by atoms with van der Waals surface area (Å²) in [6.45, 7) is 0.237. The first kappa shape index (κ1) is 15.5. The minimum Gasteiger partial charge on any atom is -0.454 e. The molecule has 0 amide bonds. The van der Waals surface area contributed by atoms with Gasteiger partial charge in [-0.15, -0.1) is 0 Å². The highest BCUT2D eigenvalue weighted by atomic mass is 16.7. The fourth-order valence-corrected chi connectivity index (χ4v) is 2.97. The van der Waals surface area contributed by atoms with Crippen LogP contribution in [0.5, 0.6) is 11.5 Å². The lowest BCUT2D eigenvalue weighted by atomic mass is 10.1. The van der Waals surface area contributed by atoms with Gasteiger partial charge in [-0.05, 0) is 18.2 Å². The van der Waals surface area contributed by atoms with Crippen molar-refractivity contribution in [2.45, 2.75) is 0 Å². The molecule has 3 aromatic carbocycles. The third-order valence-corrected chi connectivity index (χ3v) is 4.33. The van der Waals surface area contributed by atoms with E-state index >= 15 is 0 Å². The normalized spacial score (nSPS) is 12.1. The first-order chi connectivity index (χ1) is 13.4. The maximum Gasteiger partial charge on any atom is 0.231 e. The molecule has 0 saturated carbocycles. The molecule has 0 saturated heterocycles. The van der Waals surface area contributed by atoms with E-state index in [2.05, 4.69) is 0 Å². The van der Waals surface area contributed by atoms with Gasteiger partial charge in [0.25, 0.3) is 0 Å². The molecule has 4 aromatic rings. The van der Waals surface area contributed by atoms with Crippen LogP contribution in [0.1, 0.15) is 0 Å². The molecule has 0 aliphatic carbocycles. The summed E-state index contributed by atoms with van der Waals surface area (Å²) in [7, 11) is 0. The van der Waals surface area contributed by atoms with Crippen LogP contribution in [0, 0.1) is 0 Å². The predicted octanol–water partition coefficient (Wildman–Crippen LogP) is 4.60. The number of benzene rings is 3. The Balaban J connectivity index is 1.68. The number of hydrogen-bond acceptors (Lipinski definition) is 5. The SMILES string of the molecule is c1ccc(-c2nc(-c3ccccc3)nc(-c3ccc4c(c3)OCO4)n2)cc1. The summed E-state index contributed by atoms with van der Waals surface area (Å²) in [5.41, 5.74) is 2.74. The van der Waals surface area contributed by atoms with Crippen molar-refractivity contribution < 1.29 is 9.47 Å². The first-order valence-corrected chi connectivity index (χ1v) is 8.64. The molecular formula is C22H15N3O2. The zero-order valence-corrected chi connectivity index (χ0v) is 14.4. The molecule has 130 valence electrons. The summed E-state index contributed by atoms with van der Waals surface area (Å²) in [5, 5.41) is 0. The van der Waals surface area contributed by atoms with E-state index in [1.165, 1.54) is 0 Å². The maximum absolute atomic E-state index is 5.50. The Kier molecular flexibility index (Phi) is 3.76. The van der Waals surface area contributed by atoms with Crippen LogP contribution in [0.4, 0.5) is 0 Å². The Morgan fingerprint density at radius 3 is 1.63 bits per heavy atom. The van der Waals surface area contributed by atoms with E-state index in [0.717, 1.165) is 22.4 Å². The molecule has 2 heterocycles. The maximum atomic E-state index is 5.50. The number of aromatic nitrogens is 3. The molecule has 27 heavy (non-hydrogen) atoms. The van der Waals surface area contributed by atoms with Gasteiger partial charge in [0.1, 0.15) is 0 Å². The summed E-state index contributed by atoms with van der Waals surface area (Å²) in [5.74, 6) is 3.31. The van der Waals surface area contributed by atoms with E-state index in [0.29, 0.717) is 23.2 Å². The lowest BCUT2D eigenvalue weighted by molar-refractivity contribution is 0.174. The molecule has 5 nitrogen and oxygen atoms in total. The second-order valence-corrected chi connectivity index (χ2v) is 6.11. The van der Waals surface area contributed by atoms with E-state index in [-0.39, 0.29) is 6.79 Å². The van der Waals surface area contributed by atoms with Gasteiger partial charge in [0.05, 0.1) is 0 Å². The first-order valence-electron chi connectivity index (χ1n) is 8.64. The highest BCUT2D eigenvalue weighted by molar-refractivity contribution is 5.68. The summed E-state index contributed by atoms with van der Waals surface area (Å²) in [6.07, 6.45) is 0. The summed E-state index contributed by atoms with van der Waals surface area (Å²) < 4.78 is 10.9. The van der Waals surface area contributed by atoms with E-state index in [4.69, 9.17) is 24.4 Å². The zero-order chi connectivity index (χ0) is 18.1. The number of hydrogen-bond donors (Lipinski definition) is 0. The van der Waals surface area contributed by atoms with Crippen LogP contribution in [0.3, 0.4) is 0 Å². The van der Waals surface area contributed by atoms with Crippen LogP contribution in [0.2, 0.25) is 0 Å². The van der Waals surface area contributed by atoms with Crippen molar-refractivity contribution in [1.29, 1.82) is 0 Å². The van der Waals surface area contributed by atoms with Gasteiger partial charge in [-0.25, -0.2) is 15.0 Å². The Labute approximate surface area is 156 Å². The fourth-order valence-electron chi connectivity index (χ4n) is 2.97. The van der Waals surface area contributed by atoms with E-state index < -0.39 is 0 Å². The van der Waals surface area contributed by atoms with E-state index in [1.54, 1.807) is 0 Å². The van der Waals surface area contributed by atoms with E-state index in [9.17, 15) is 0 Å². The molecule has 0 N–H and O–H groups in total. The number of rotatable bonds is 3. The minimum absolute atomic E-state index is 0.237. The number of nitrogens with zero attached hydrogens (tertiary/aromatic N) is 3. The molecule has 0 spiro atoms. The van der Waals surface area contributed by atoms with Crippen LogP contribution in [-0.4, -0.2) is 21.7 Å². The molecule has 0 bridgehead atoms. The average molecular weight is 353 g/mol. The minimum atomic E-state index is 0.237. The lowest BCUT2D eigenvalue weighted by Crippen LogP contribution is -2.00. The van der Waals surface area contributed by atoms with Gasteiger partial charge in [-0.1, -0.05) is 60.7 Å². The molecule has 0 atom stereocenters. The van der Waals surface area contributed by atoms with Gasteiger partial charge >= 0.3 is 0 Å². The van der Waals surface area contributed by atoms with E-state index in [1.807, 2.05) is 78.9 Å².